The van der Waals surface area contributed by atoms with Gasteiger partial charge in [0.05, 0.1) is 11.2 Å². The van der Waals surface area contributed by atoms with Gasteiger partial charge < -0.3 is 10.4 Å². The highest BCUT2D eigenvalue weighted by Gasteiger charge is 2.12. The second-order valence-corrected chi connectivity index (χ2v) is 5.17. The molecule has 1 aromatic heterocycles. The number of carbonyl (C=O) groups excluding carboxylic acids is 1. The zero-order chi connectivity index (χ0) is 16.2. The number of aliphatic hydroxyl groups excluding tert-OH is 1. The topological polar surface area (TPSA) is 78.0 Å². The Labute approximate surface area is 132 Å². The molecule has 0 aliphatic carbocycles. The predicted molar refractivity (Wildman–Crippen MR) is 85.5 cm³/mol. The molecule has 3 N–H and O–H groups in total. The molecular weight excluding hydrogens is 297 g/mol. The highest BCUT2D eigenvalue weighted by molar-refractivity contribution is 6.01. The molecule has 5 nitrogen and oxygen atoms in total. The number of aromatic amines is 1. The van der Waals surface area contributed by atoms with E-state index in [2.05, 4.69) is 15.5 Å². The maximum Gasteiger partial charge on any atom is 0.251 e. The van der Waals surface area contributed by atoms with Crippen LogP contribution in [-0.2, 0) is 0 Å². The number of rotatable bonds is 5. The van der Waals surface area contributed by atoms with E-state index in [0.717, 1.165) is 16.5 Å². The van der Waals surface area contributed by atoms with Crippen molar-refractivity contribution >= 4 is 16.8 Å². The van der Waals surface area contributed by atoms with Crippen molar-refractivity contribution in [3.8, 4) is 11.3 Å². The van der Waals surface area contributed by atoms with Crippen molar-refractivity contribution < 1.29 is 14.3 Å². The van der Waals surface area contributed by atoms with Gasteiger partial charge in [-0.2, -0.15) is 5.10 Å². The van der Waals surface area contributed by atoms with Crippen molar-refractivity contribution in [3.05, 3.63) is 53.8 Å². The lowest BCUT2D eigenvalue weighted by molar-refractivity contribution is 0.0951. The number of amides is 1. The average molecular weight is 313 g/mol. The van der Waals surface area contributed by atoms with E-state index in [4.69, 9.17) is 5.11 Å². The molecule has 0 unspecified atom stereocenters. The van der Waals surface area contributed by atoms with Crippen LogP contribution in [0.3, 0.4) is 0 Å². The number of carbonyl (C=O) groups is 1. The molecule has 0 saturated heterocycles. The van der Waals surface area contributed by atoms with Crippen LogP contribution in [0.4, 0.5) is 4.39 Å². The fourth-order valence-electron chi connectivity index (χ4n) is 2.37. The van der Waals surface area contributed by atoms with E-state index in [1.807, 2.05) is 0 Å². The zero-order valence-corrected chi connectivity index (χ0v) is 12.3. The largest absolute Gasteiger partial charge is 0.396 e. The predicted octanol–water partition coefficient (Wildman–Crippen LogP) is 2.48. The van der Waals surface area contributed by atoms with Crippen LogP contribution in [0.5, 0.6) is 0 Å². The number of H-pyrrole nitrogens is 1. The number of fused-ring (bicyclic) bond motifs is 1. The molecule has 23 heavy (non-hydrogen) atoms. The fourth-order valence-corrected chi connectivity index (χ4v) is 2.37. The smallest absolute Gasteiger partial charge is 0.251 e. The Morgan fingerprint density at radius 1 is 1.22 bits per heavy atom. The molecule has 3 rings (SSSR count). The van der Waals surface area contributed by atoms with Crippen LogP contribution in [0.1, 0.15) is 16.8 Å². The molecular formula is C17H16FN3O2. The van der Waals surface area contributed by atoms with Crippen molar-refractivity contribution in [2.24, 2.45) is 0 Å². The Bertz CT molecular complexity index is 827. The number of hydrogen-bond donors (Lipinski definition) is 3. The fraction of sp³-hybridized carbons (Fsp3) is 0.176. The Balaban J connectivity index is 1.93. The van der Waals surface area contributed by atoms with Crippen LogP contribution in [0.2, 0.25) is 0 Å². The molecule has 0 bridgehead atoms. The number of nitrogens with zero attached hydrogens (tertiary/aromatic N) is 1. The first-order chi connectivity index (χ1) is 11.2. The van der Waals surface area contributed by atoms with Gasteiger partial charge in [0, 0.05) is 29.7 Å². The van der Waals surface area contributed by atoms with Crippen LogP contribution >= 0.6 is 0 Å². The maximum atomic E-state index is 13.1. The average Bonchev–Trinajstić information content (AvgIpc) is 2.99. The standard InChI is InChI=1S/C17H16FN3O2/c18-13-5-2-11(3-6-13)16-14-10-12(4-7-15(14)20-21-16)17(23)19-8-1-9-22/h2-7,10,22H,1,8-9H2,(H,19,23)(H,20,21). The molecule has 0 aliphatic rings. The van der Waals surface area contributed by atoms with Crippen LogP contribution < -0.4 is 5.32 Å². The minimum atomic E-state index is -0.308. The van der Waals surface area contributed by atoms with Gasteiger partial charge in [0.25, 0.3) is 5.91 Å². The molecule has 0 spiro atoms. The van der Waals surface area contributed by atoms with Crippen molar-refractivity contribution in [3.63, 3.8) is 0 Å². The number of aromatic nitrogens is 2. The maximum absolute atomic E-state index is 13.1. The molecule has 6 heteroatoms. The quantitative estimate of drug-likeness (QED) is 0.633. The summed E-state index contributed by atoms with van der Waals surface area (Å²) in [6.07, 6.45) is 0.514. The Morgan fingerprint density at radius 2 is 2.00 bits per heavy atom. The summed E-state index contributed by atoms with van der Waals surface area (Å²) in [4.78, 5) is 12.1. The van der Waals surface area contributed by atoms with Gasteiger partial charge in [0.1, 0.15) is 5.82 Å². The highest BCUT2D eigenvalue weighted by atomic mass is 19.1. The van der Waals surface area contributed by atoms with Crippen molar-refractivity contribution in [1.29, 1.82) is 0 Å². The molecule has 0 atom stereocenters. The first-order valence-electron chi connectivity index (χ1n) is 7.32. The summed E-state index contributed by atoms with van der Waals surface area (Å²) in [5, 5.41) is 19.5. The third kappa shape index (κ3) is 3.22. The second kappa shape index (κ2) is 6.58. The number of aliphatic hydroxyl groups is 1. The lowest BCUT2D eigenvalue weighted by atomic mass is 10.1. The SMILES string of the molecule is O=C(NCCCO)c1ccc2[nH]nc(-c3ccc(F)cc3)c2c1. The Morgan fingerprint density at radius 3 is 2.74 bits per heavy atom. The monoisotopic (exact) mass is 313 g/mol. The lowest BCUT2D eigenvalue weighted by Gasteiger charge is -2.04. The Kier molecular flexibility index (Phi) is 4.34. The summed E-state index contributed by atoms with van der Waals surface area (Å²) in [6, 6.07) is 11.3. The second-order valence-electron chi connectivity index (χ2n) is 5.17. The third-order valence-electron chi connectivity index (χ3n) is 3.56. The van der Waals surface area contributed by atoms with Crippen molar-refractivity contribution in [2.45, 2.75) is 6.42 Å². The molecule has 1 amide bonds. The van der Waals surface area contributed by atoms with E-state index in [0.29, 0.717) is 24.2 Å². The summed E-state index contributed by atoms with van der Waals surface area (Å²) in [7, 11) is 0. The zero-order valence-electron chi connectivity index (χ0n) is 12.3. The van der Waals surface area contributed by atoms with Gasteiger partial charge in [0.15, 0.2) is 0 Å². The highest BCUT2D eigenvalue weighted by Crippen LogP contribution is 2.27. The minimum absolute atomic E-state index is 0.0375. The lowest BCUT2D eigenvalue weighted by Crippen LogP contribution is -2.24. The number of benzene rings is 2. The van der Waals surface area contributed by atoms with Crippen molar-refractivity contribution in [2.75, 3.05) is 13.2 Å². The molecule has 118 valence electrons. The summed E-state index contributed by atoms with van der Waals surface area (Å²) in [6.45, 7) is 0.458. The molecule has 2 aromatic carbocycles. The van der Waals surface area contributed by atoms with Gasteiger partial charge in [-0.3, -0.25) is 9.89 Å². The summed E-state index contributed by atoms with van der Waals surface area (Å²) >= 11 is 0. The van der Waals surface area contributed by atoms with Crippen molar-refractivity contribution in [1.82, 2.24) is 15.5 Å². The van der Waals surface area contributed by atoms with Gasteiger partial charge in [-0.25, -0.2) is 4.39 Å². The molecule has 0 aliphatic heterocycles. The molecule has 1 heterocycles. The number of nitrogens with one attached hydrogen (secondary N) is 2. The van der Waals surface area contributed by atoms with E-state index in [9.17, 15) is 9.18 Å². The van der Waals surface area contributed by atoms with Gasteiger partial charge >= 0.3 is 0 Å². The van der Waals surface area contributed by atoms with E-state index >= 15 is 0 Å². The van der Waals surface area contributed by atoms with Gasteiger partial charge in [-0.05, 0) is 48.9 Å². The third-order valence-corrected chi connectivity index (χ3v) is 3.56. The van der Waals surface area contributed by atoms with Gasteiger partial charge in [-0.15, -0.1) is 0 Å². The van der Waals surface area contributed by atoms with E-state index in [1.165, 1.54) is 12.1 Å². The molecule has 3 aromatic rings. The number of halogens is 1. The summed E-state index contributed by atoms with van der Waals surface area (Å²) in [5.74, 6) is -0.510. The van der Waals surface area contributed by atoms with Crippen LogP contribution in [0.15, 0.2) is 42.5 Å². The first kappa shape index (κ1) is 15.2. The van der Waals surface area contributed by atoms with Gasteiger partial charge in [0.2, 0.25) is 0 Å². The summed E-state index contributed by atoms with van der Waals surface area (Å²) in [5.41, 5.74) is 2.76. The molecule has 0 radical (unpaired) electrons. The molecule has 0 saturated carbocycles. The molecule has 0 fully saturated rings. The van der Waals surface area contributed by atoms with Gasteiger partial charge in [-0.1, -0.05) is 0 Å². The van der Waals surface area contributed by atoms with E-state index < -0.39 is 0 Å². The first-order valence-corrected chi connectivity index (χ1v) is 7.32. The van der Waals surface area contributed by atoms with E-state index in [-0.39, 0.29) is 18.3 Å². The van der Waals surface area contributed by atoms with E-state index in [1.54, 1.807) is 30.3 Å². The van der Waals surface area contributed by atoms with Crippen LogP contribution in [-0.4, -0.2) is 34.4 Å². The summed E-state index contributed by atoms with van der Waals surface area (Å²) < 4.78 is 13.1. The Hall–Kier alpha value is -2.73. The van der Waals surface area contributed by atoms with Crippen LogP contribution in [0.25, 0.3) is 22.2 Å². The minimum Gasteiger partial charge on any atom is -0.396 e. The normalized spacial score (nSPS) is 10.9. The number of hydrogen-bond acceptors (Lipinski definition) is 3. The van der Waals surface area contributed by atoms with Crippen LogP contribution in [0, 0.1) is 5.82 Å².